The van der Waals surface area contributed by atoms with E-state index in [4.69, 9.17) is 33.7 Å². The van der Waals surface area contributed by atoms with Crippen LogP contribution in [0.15, 0.2) is 35.8 Å². The number of fused-ring (bicyclic) bond motifs is 1. The van der Waals surface area contributed by atoms with E-state index in [2.05, 4.69) is 4.98 Å². The molecule has 2 aromatic carbocycles. The van der Waals surface area contributed by atoms with Crippen LogP contribution in [0, 0.1) is 0 Å². The molecule has 0 atom stereocenters. The Labute approximate surface area is 123 Å². The Morgan fingerprint density at radius 3 is 2.74 bits per heavy atom. The molecule has 1 aromatic heterocycles. The fourth-order valence-corrected chi connectivity index (χ4v) is 2.67. The number of ether oxygens (including phenoxy) is 1. The average molecular weight is 311 g/mol. The van der Waals surface area contributed by atoms with Crippen LogP contribution in [0.3, 0.4) is 0 Å². The van der Waals surface area contributed by atoms with E-state index in [1.165, 1.54) is 11.3 Å². The molecule has 0 spiro atoms. The van der Waals surface area contributed by atoms with Crippen molar-refractivity contribution in [2.24, 2.45) is 0 Å². The highest BCUT2D eigenvalue weighted by Gasteiger charge is 2.09. The maximum absolute atomic E-state index is 6.04. The minimum atomic E-state index is 0.437. The average Bonchev–Trinajstić information content (AvgIpc) is 2.86. The van der Waals surface area contributed by atoms with Crippen molar-refractivity contribution in [1.82, 2.24) is 4.98 Å². The highest BCUT2D eigenvalue weighted by Crippen LogP contribution is 2.36. The molecule has 0 saturated heterocycles. The highest BCUT2D eigenvalue weighted by atomic mass is 35.5. The molecule has 0 aliphatic carbocycles. The van der Waals surface area contributed by atoms with Gasteiger partial charge in [-0.05, 0) is 24.3 Å². The Hall–Kier alpha value is -1.49. The Balaban J connectivity index is 2.00. The molecule has 0 amide bonds. The summed E-state index contributed by atoms with van der Waals surface area (Å²) < 4.78 is 6.75. The van der Waals surface area contributed by atoms with Gasteiger partial charge in [0.2, 0.25) is 0 Å². The first-order chi connectivity index (χ1) is 9.15. The molecule has 0 unspecified atom stereocenters. The molecule has 96 valence electrons. The normalized spacial score (nSPS) is 10.8. The number of nitrogen functional groups attached to an aromatic ring is 1. The summed E-state index contributed by atoms with van der Waals surface area (Å²) in [6, 6.07) is 8.80. The van der Waals surface area contributed by atoms with Gasteiger partial charge in [-0.25, -0.2) is 4.98 Å². The van der Waals surface area contributed by atoms with Crippen LogP contribution in [0.25, 0.3) is 10.2 Å². The number of anilines is 1. The summed E-state index contributed by atoms with van der Waals surface area (Å²) >= 11 is 13.3. The van der Waals surface area contributed by atoms with E-state index in [0.29, 0.717) is 27.2 Å². The Morgan fingerprint density at radius 2 is 1.95 bits per heavy atom. The molecule has 3 rings (SSSR count). The van der Waals surface area contributed by atoms with Gasteiger partial charge in [0.1, 0.15) is 17.0 Å². The number of thiazole rings is 1. The van der Waals surface area contributed by atoms with Gasteiger partial charge in [0.05, 0.1) is 20.3 Å². The van der Waals surface area contributed by atoms with Gasteiger partial charge in [-0.15, -0.1) is 11.3 Å². The summed E-state index contributed by atoms with van der Waals surface area (Å²) in [5.41, 5.74) is 9.06. The second-order valence-corrected chi connectivity index (χ2v) is 5.56. The zero-order chi connectivity index (χ0) is 13.4. The van der Waals surface area contributed by atoms with Crippen molar-refractivity contribution in [2.45, 2.75) is 0 Å². The standard InChI is InChI=1S/C13H8Cl2N2OS/c14-8-2-1-7(5-9(8)15)18-10-3-4-11-13(12(10)16)17-6-19-11/h1-6H,16H2. The Kier molecular flexibility index (Phi) is 3.22. The molecule has 0 bridgehead atoms. The van der Waals surface area contributed by atoms with E-state index in [0.717, 1.165) is 10.2 Å². The van der Waals surface area contributed by atoms with E-state index in [1.54, 1.807) is 23.7 Å². The molecule has 6 heteroatoms. The minimum absolute atomic E-state index is 0.437. The van der Waals surface area contributed by atoms with Crippen molar-refractivity contribution in [2.75, 3.05) is 5.73 Å². The zero-order valence-electron chi connectivity index (χ0n) is 9.56. The third-order valence-corrected chi connectivity index (χ3v) is 4.15. The molecule has 2 N–H and O–H groups in total. The number of aromatic nitrogens is 1. The van der Waals surface area contributed by atoms with Crippen molar-refractivity contribution < 1.29 is 4.74 Å². The van der Waals surface area contributed by atoms with Crippen molar-refractivity contribution in [1.29, 1.82) is 0 Å². The van der Waals surface area contributed by atoms with Crippen molar-refractivity contribution in [3.05, 3.63) is 45.9 Å². The molecule has 0 aliphatic heterocycles. The van der Waals surface area contributed by atoms with Crippen molar-refractivity contribution in [3.8, 4) is 11.5 Å². The van der Waals surface area contributed by atoms with E-state index in [9.17, 15) is 0 Å². The summed E-state index contributed by atoms with van der Waals surface area (Å²) in [5, 5.41) is 0.921. The predicted octanol–water partition coefficient (Wildman–Crippen LogP) is 4.98. The minimum Gasteiger partial charge on any atom is -0.455 e. The highest BCUT2D eigenvalue weighted by molar-refractivity contribution is 7.16. The maximum Gasteiger partial charge on any atom is 0.152 e. The molecule has 0 fully saturated rings. The van der Waals surface area contributed by atoms with E-state index in [1.807, 2.05) is 12.1 Å². The van der Waals surface area contributed by atoms with Gasteiger partial charge >= 0.3 is 0 Å². The number of hydrogen-bond acceptors (Lipinski definition) is 4. The SMILES string of the molecule is Nc1c(Oc2ccc(Cl)c(Cl)c2)ccc2scnc12. The topological polar surface area (TPSA) is 48.1 Å². The lowest BCUT2D eigenvalue weighted by molar-refractivity contribution is 0.485. The number of halogens is 2. The molecule has 0 radical (unpaired) electrons. The number of nitrogens with two attached hydrogens (primary N) is 1. The third-order valence-electron chi connectivity index (χ3n) is 2.62. The fourth-order valence-electron chi connectivity index (χ4n) is 1.69. The van der Waals surface area contributed by atoms with Crippen molar-refractivity contribution in [3.63, 3.8) is 0 Å². The molecule has 3 nitrogen and oxygen atoms in total. The fraction of sp³-hybridized carbons (Fsp3) is 0. The summed E-state index contributed by atoms with van der Waals surface area (Å²) in [5.74, 6) is 1.13. The maximum atomic E-state index is 6.04. The van der Waals surface area contributed by atoms with Gasteiger partial charge in [-0.3, -0.25) is 0 Å². The monoisotopic (exact) mass is 310 g/mol. The van der Waals surface area contributed by atoms with Crippen LogP contribution in [0.5, 0.6) is 11.5 Å². The van der Waals surface area contributed by atoms with E-state index in [-0.39, 0.29) is 0 Å². The number of benzene rings is 2. The van der Waals surface area contributed by atoms with Gasteiger partial charge in [0.15, 0.2) is 5.75 Å². The van der Waals surface area contributed by atoms with Gasteiger partial charge < -0.3 is 10.5 Å². The summed E-state index contributed by atoms with van der Waals surface area (Å²) in [6.07, 6.45) is 0. The Morgan fingerprint density at radius 1 is 1.11 bits per heavy atom. The van der Waals surface area contributed by atoms with Gasteiger partial charge in [-0.1, -0.05) is 23.2 Å². The molecule has 0 aliphatic rings. The molecular formula is C13H8Cl2N2OS. The van der Waals surface area contributed by atoms with Crippen LogP contribution in [0.2, 0.25) is 10.0 Å². The smallest absolute Gasteiger partial charge is 0.152 e. The summed E-state index contributed by atoms with van der Waals surface area (Å²) in [6.45, 7) is 0. The second-order valence-electron chi connectivity index (χ2n) is 3.85. The van der Waals surface area contributed by atoms with Crippen LogP contribution in [0.4, 0.5) is 5.69 Å². The second kappa shape index (κ2) is 4.89. The van der Waals surface area contributed by atoms with Crippen LogP contribution >= 0.6 is 34.5 Å². The first kappa shape index (κ1) is 12.5. The summed E-state index contributed by atoms with van der Waals surface area (Å²) in [7, 11) is 0. The molecule has 19 heavy (non-hydrogen) atoms. The number of nitrogens with zero attached hydrogens (tertiary/aromatic N) is 1. The van der Waals surface area contributed by atoms with E-state index < -0.39 is 0 Å². The largest absolute Gasteiger partial charge is 0.455 e. The zero-order valence-corrected chi connectivity index (χ0v) is 11.9. The molecule has 0 saturated carbocycles. The van der Waals surface area contributed by atoms with Gasteiger partial charge in [-0.2, -0.15) is 0 Å². The van der Waals surface area contributed by atoms with Crippen molar-refractivity contribution >= 4 is 50.4 Å². The summed E-state index contributed by atoms with van der Waals surface area (Å²) in [4.78, 5) is 4.22. The molecule has 1 heterocycles. The Bertz CT molecular complexity index is 757. The first-order valence-corrected chi connectivity index (χ1v) is 7.03. The quantitative estimate of drug-likeness (QED) is 0.679. The van der Waals surface area contributed by atoms with Crippen LogP contribution in [0.1, 0.15) is 0 Å². The molecular weight excluding hydrogens is 303 g/mol. The lowest BCUT2D eigenvalue weighted by Gasteiger charge is -2.09. The first-order valence-electron chi connectivity index (χ1n) is 5.40. The van der Waals surface area contributed by atoms with Crippen LogP contribution in [-0.4, -0.2) is 4.98 Å². The van der Waals surface area contributed by atoms with Gasteiger partial charge in [0, 0.05) is 6.07 Å². The predicted molar refractivity (Wildman–Crippen MR) is 80.6 cm³/mol. The lowest BCUT2D eigenvalue weighted by Crippen LogP contribution is -1.93. The van der Waals surface area contributed by atoms with Crippen LogP contribution < -0.4 is 10.5 Å². The number of hydrogen-bond donors (Lipinski definition) is 1. The van der Waals surface area contributed by atoms with Crippen LogP contribution in [-0.2, 0) is 0 Å². The molecule has 3 aromatic rings. The third kappa shape index (κ3) is 2.34. The lowest BCUT2D eigenvalue weighted by atomic mass is 10.2. The van der Waals surface area contributed by atoms with Gasteiger partial charge in [0.25, 0.3) is 0 Å². The van der Waals surface area contributed by atoms with E-state index >= 15 is 0 Å². The number of rotatable bonds is 2.